The highest BCUT2D eigenvalue weighted by Gasteiger charge is 2.33. The molecule has 1 atom stereocenters. The number of aliphatic hydroxyl groups is 2. The number of fused-ring (bicyclic) bond motifs is 1. The minimum absolute atomic E-state index is 0.0387. The third-order valence-corrected chi connectivity index (χ3v) is 6.92. The lowest BCUT2D eigenvalue weighted by atomic mass is 9.90. The minimum atomic E-state index is -0.863. The van der Waals surface area contributed by atoms with Crippen molar-refractivity contribution >= 4 is 17.6 Å². The number of nitrogens with one attached hydrogen (secondary N) is 3. The molecule has 0 bridgehead atoms. The van der Waals surface area contributed by atoms with Crippen molar-refractivity contribution in [2.45, 2.75) is 60.0 Å². The van der Waals surface area contributed by atoms with E-state index in [1.807, 2.05) is 38.1 Å². The maximum absolute atomic E-state index is 13.3. The second-order valence-corrected chi connectivity index (χ2v) is 10.6. The summed E-state index contributed by atoms with van der Waals surface area (Å²) in [6.07, 6.45) is 8.97. The molecule has 2 amide bonds. The highest BCUT2D eigenvalue weighted by molar-refractivity contribution is 6.01. The first-order chi connectivity index (χ1) is 19.1. The maximum Gasteiger partial charge on any atom is 0.259 e. The summed E-state index contributed by atoms with van der Waals surface area (Å²) in [7, 11) is 1.53. The van der Waals surface area contributed by atoms with Gasteiger partial charge in [-0.25, -0.2) is 5.53 Å². The molecule has 3 rings (SSSR count). The van der Waals surface area contributed by atoms with E-state index >= 15 is 0 Å². The van der Waals surface area contributed by atoms with Gasteiger partial charge in [0.25, 0.3) is 5.91 Å². The lowest BCUT2D eigenvalue weighted by Crippen LogP contribution is -2.48. The van der Waals surface area contributed by atoms with Crippen LogP contribution in [0.5, 0.6) is 5.75 Å². The first kappa shape index (κ1) is 30.9. The molecule has 2 aliphatic heterocycles. The highest BCUT2D eigenvalue weighted by Crippen LogP contribution is 2.30. The fraction of sp³-hybridized carbons (Fsp3) is 0.483. The van der Waals surface area contributed by atoms with Crippen LogP contribution in [0.15, 0.2) is 52.8 Å². The van der Waals surface area contributed by atoms with Crippen LogP contribution in [0.2, 0.25) is 0 Å². The standard InChI is InChI=1S/C29H42N6O5/c1-7-9-21(26-31-32-33-35(26)20(3)17-36)11-8-10-19(2)30-27(38)24-14-23-16-34(28(39)29(4,5)18-37)13-12-22(23)15-25(24)40-6/h8-11,14-15,20,32-33,36-37H,7,12-13,16-18H2,1-6H3,(H,30,38)/b11-8-,19-10+,21-9-. The third-order valence-electron chi connectivity index (χ3n) is 6.92. The topological polar surface area (TPSA) is 139 Å². The van der Waals surface area contributed by atoms with E-state index in [0.717, 1.165) is 23.1 Å². The normalized spacial score (nSPS) is 16.9. The van der Waals surface area contributed by atoms with Crippen LogP contribution in [-0.4, -0.2) is 70.7 Å². The lowest BCUT2D eigenvalue weighted by molar-refractivity contribution is -0.143. The summed E-state index contributed by atoms with van der Waals surface area (Å²) in [4.78, 5) is 27.9. The Kier molecular flexibility index (Phi) is 10.5. The van der Waals surface area contributed by atoms with Gasteiger partial charge in [0.05, 0.1) is 37.3 Å². The fourth-order valence-corrected chi connectivity index (χ4v) is 4.48. The van der Waals surface area contributed by atoms with Crippen molar-refractivity contribution < 1.29 is 24.5 Å². The van der Waals surface area contributed by atoms with Gasteiger partial charge in [-0.3, -0.25) is 14.6 Å². The van der Waals surface area contributed by atoms with Crippen LogP contribution in [0.4, 0.5) is 0 Å². The van der Waals surface area contributed by atoms with Crippen LogP contribution in [0, 0.1) is 5.41 Å². The van der Waals surface area contributed by atoms with Crippen molar-refractivity contribution in [1.82, 2.24) is 26.3 Å². The van der Waals surface area contributed by atoms with Crippen LogP contribution in [0.3, 0.4) is 0 Å². The second-order valence-electron chi connectivity index (χ2n) is 10.6. The Labute approximate surface area is 236 Å². The molecule has 11 nitrogen and oxygen atoms in total. The van der Waals surface area contributed by atoms with Gasteiger partial charge >= 0.3 is 0 Å². The van der Waals surface area contributed by atoms with Gasteiger partial charge in [-0.15, -0.1) is 10.6 Å². The summed E-state index contributed by atoms with van der Waals surface area (Å²) in [6, 6.07) is 3.47. The first-order valence-corrected chi connectivity index (χ1v) is 13.5. The zero-order valence-corrected chi connectivity index (χ0v) is 24.2. The molecular formula is C29H42N6O5. The van der Waals surface area contributed by atoms with Crippen molar-refractivity contribution in [3.05, 3.63) is 64.4 Å². The molecule has 0 spiro atoms. The van der Waals surface area contributed by atoms with Gasteiger partial charge in [0, 0.05) is 24.4 Å². The van der Waals surface area contributed by atoms with Crippen molar-refractivity contribution in [3.63, 3.8) is 0 Å². The van der Waals surface area contributed by atoms with Crippen LogP contribution in [-0.2, 0) is 17.8 Å². The Hall–Kier alpha value is -3.67. The molecule has 5 N–H and O–H groups in total. The van der Waals surface area contributed by atoms with Gasteiger partial charge in [0.2, 0.25) is 5.91 Å². The molecule has 0 saturated carbocycles. The van der Waals surface area contributed by atoms with Crippen molar-refractivity contribution in [1.29, 1.82) is 0 Å². The molecule has 0 aromatic heterocycles. The maximum atomic E-state index is 13.3. The number of rotatable bonds is 11. The largest absolute Gasteiger partial charge is 0.496 e. The van der Waals surface area contributed by atoms with E-state index in [0.29, 0.717) is 42.4 Å². The molecular weight excluding hydrogens is 512 g/mol. The molecule has 1 aromatic rings. The molecule has 0 saturated heterocycles. The summed E-state index contributed by atoms with van der Waals surface area (Å²) >= 11 is 0. The van der Waals surface area contributed by atoms with E-state index in [1.165, 1.54) is 7.11 Å². The van der Waals surface area contributed by atoms with E-state index in [9.17, 15) is 19.8 Å². The number of hydrazine groups is 2. The summed E-state index contributed by atoms with van der Waals surface area (Å²) in [6.45, 7) is 9.79. The number of amides is 2. The molecule has 1 unspecified atom stereocenters. The second kappa shape index (κ2) is 13.6. The number of ether oxygens (including phenoxy) is 1. The van der Waals surface area contributed by atoms with Gasteiger partial charge in [-0.1, -0.05) is 25.2 Å². The Morgan fingerprint density at radius 3 is 2.67 bits per heavy atom. The molecule has 218 valence electrons. The zero-order chi connectivity index (χ0) is 29.4. The average Bonchev–Trinajstić information content (AvgIpc) is 3.44. The van der Waals surface area contributed by atoms with Gasteiger partial charge in [0.1, 0.15) is 5.75 Å². The number of hydrogen-bond acceptors (Lipinski definition) is 9. The minimum Gasteiger partial charge on any atom is -0.496 e. The predicted molar refractivity (Wildman–Crippen MR) is 154 cm³/mol. The highest BCUT2D eigenvalue weighted by atomic mass is 16.5. The van der Waals surface area contributed by atoms with E-state index in [4.69, 9.17) is 4.74 Å². The van der Waals surface area contributed by atoms with Crippen LogP contribution >= 0.6 is 0 Å². The van der Waals surface area contributed by atoms with Crippen LogP contribution in [0.25, 0.3) is 0 Å². The summed E-state index contributed by atoms with van der Waals surface area (Å²) in [5, 5.41) is 28.1. The van der Waals surface area contributed by atoms with E-state index in [2.05, 4.69) is 21.5 Å². The zero-order valence-electron chi connectivity index (χ0n) is 24.2. The quantitative estimate of drug-likeness (QED) is 0.262. The van der Waals surface area contributed by atoms with Crippen molar-refractivity contribution in [3.8, 4) is 5.75 Å². The number of carbonyl (C=O) groups excluding carboxylic acids is 2. The number of methoxy groups -OCH3 is 1. The molecule has 11 heteroatoms. The number of nitrogens with zero attached hydrogens (tertiary/aromatic N) is 3. The van der Waals surface area contributed by atoms with Gasteiger partial charge in [0.15, 0.2) is 5.84 Å². The number of aliphatic hydroxyl groups excluding tert-OH is 2. The smallest absolute Gasteiger partial charge is 0.259 e. The Morgan fingerprint density at radius 1 is 1.27 bits per heavy atom. The molecule has 0 fully saturated rings. The van der Waals surface area contributed by atoms with Gasteiger partial charge < -0.3 is 25.2 Å². The van der Waals surface area contributed by atoms with Crippen molar-refractivity contribution in [2.24, 2.45) is 10.5 Å². The first-order valence-electron chi connectivity index (χ1n) is 13.5. The third kappa shape index (κ3) is 7.09. The molecule has 1 aromatic carbocycles. The molecule has 0 radical (unpaired) electrons. The van der Waals surface area contributed by atoms with E-state index < -0.39 is 5.41 Å². The van der Waals surface area contributed by atoms with Crippen LogP contribution in [0.1, 0.15) is 62.5 Å². The number of hydrogen-bond donors (Lipinski definition) is 5. The number of hydrazone groups is 1. The van der Waals surface area contributed by atoms with E-state index in [1.54, 1.807) is 42.8 Å². The number of amidine groups is 1. The van der Waals surface area contributed by atoms with Gasteiger partial charge in [-0.05, 0) is 69.9 Å². The predicted octanol–water partition coefficient (Wildman–Crippen LogP) is 2.14. The Morgan fingerprint density at radius 2 is 2.02 bits per heavy atom. The fourth-order valence-electron chi connectivity index (χ4n) is 4.48. The Balaban J connectivity index is 1.75. The molecule has 40 heavy (non-hydrogen) atoms. The summed E-state index contributed by atoms with van der Waals surface area (Å²) in [5.74, 6) is 0.694. The molecule has 0 aliphatic carbocycles. The van der Waals surface area contributed by atoms with Crippen LogP contribution < -0.4 is 21.1 Å². The van der Waals surface area contributed by atoms with E-state index in [-0.39, 0.29) is 31.1 Å². The van der Waals surface area contributed by atoms with Gasteiger partial charge in [-0.2, -0.15) is 0 Å². The number of benzene rings is 1. The lowest BCUT2D eigenvalue weighted by Gasteiger charge is -2.34. The monoisotopic (exact) mass is 554 g/mol. The molecule has 2 heterocycles. The Bertz CT molecular complexity index is 1220. The number of allylic oxidation sites excluding steroid dienone is 4. The summed E-state index contributed by atoms with van der Waals surface area (Å²) < 4.78 is 5.53. The SMILES string of the molecule is CC/C=C(/C=C\C=C(/C)NC(=O)c1cc2c(cc1OC)CCN(C(=O)C(C)(C)CO)C2)C1=NNNN1C(C)CO. The summed E-state index contributed by atoms with van der Waals surface area (Å²) in [5.41, 5.74) is 8.58. The number of carbonyl (C=O) groups is 2. The molecule has 2 aliphatic rings. The van der Waals surface area contributed by atoms with Crippen molar-refractivity contribution in [2.75, 3.05) is 26.9 Å². The average molecular weight is 555 g/mol.